The molecule has 25 heteroatoms. The van der Waals surface area contributed by atoms with Crippen LogP contribution in [0.1, 0.15) is 176 Å². The van der Waals surface area contributed by atoms with Gasteiger partial charge in [-0.2, -0.15) is 0 Å². The highest BCUT2D eigenvalue weighted by molar-refractivity contribution is 5.70. The normalized spacial score (nSPS) is 21.7. The molecule has 0 amide bonds. The number of carbonyl (C=O) groups excluding carboxylic acids is 8. The van der Waals surface area contributed by atoms with Gasteiger partial charge in [-0.05, 0) is 141 Å². The molecule has 97 heavy (non-hydrogen) atoms. The molecular formula is C72H90O25. The molecule has 4 aromatic rings. The molecule has 4 aliphatic heterocycles. The summed E-state index contributed by atoms with van der Waals surface area (Å²) in [5.41, 5.74) is 9.14. The predicted octanol–water partition coefficient (Wildman–Crippen LogP) is 8.75. The monoisotopic (exact) mass is 1350 g/mol. The van der Waals surface area contributed by atoms with Crippen LogP contribution < -0.4 is 18.9 Å². The zero-order valence-electron chi connectivity index (χ0n) is 57.3. The lowest BCUT2D eigenvalue weighted by Gasteiger charge is -2.44. The predicted molar refractivity (Wildman–Crippen MR) is 342 cm³/mol. The van der Waals surface area contributed by atoms with E-state index in [0.717, 1.165) is 97.2 Å². The van der Waals surface area contributed by atoms with Gasteiger partial charge in [-0.1, -0.05) is 27.7 Å². The Morgan fingerprint density at radius 1 is 0.351 bits per heavy atom. The quantitative estimate of drug-likeness (QED) is 0.0334. The van der Waals surface area contributed by atoms with Gasteiger partial charge in [0.1, 0.15) is 48.4 Å². The Kier molecular flexibility index (Phi) is 27.0. The van der Waals surface area contributed by atoms with Crippen LogP contribution in [0.3, 0.4) is 0 Å². The van der Waals surface area contributed by atoms with Crippen LogP contribution in [0.2, 0.25) is 0 Å². The van der Waals surface area contributed by atoms with E-state index in [2.05, 4.69) is 24.3 Å². The highest BCUT2D eigenvalue weighted by Gasteiger charge is 2.54. The summed E-state index contributed by atoms with van der Waals surface area (Å²) in [6, 6.07) is 16.2. The molecule has 4 aromatic carbocycles. The molecule has 0 N–H and O–H groups in total. The summed E-state index contributed by atoms with van der Waals surface area (Å²) in [5.74, 6) is -3.53. The largest absolute Gasteiger partial charge is 0.493 e. The first-order chi connectivity index (χ1) is 46.4. The Labute approximate surface area is 564 Å². The third kappa shape index (κ3) is 20.4. The lowest BCUT2D eigenvalue weighted by molar-refractivity contribution is -0.310. The van der Waals surface area contributed by atoms with Crippen molar-refractivity contribution in [2.45, 2.75) is 222 Å². The van der Waals surface area contributed by atoms with E-state index in [-0.39, 0.29) is 52.1 Å². The fourth-order valence-electron chi connectivity index (χ4n) is 12.4. The first-order valence-electron chi connectivity index (χ1n) is 33.0. The zero-order chi connectivity index (χ0) is 70.0. The van der Waals surface area contributed by atoms with Gasteiger partial charge in [-0.25, -0.2) is 0 Å². The Hall–Kier alpha value is -8.36. The average Bonchev–Trinajstić information content (AvgIpc) is 0.791. The van der Waals surface area contributed by atoms with Crippen LogP contribution in [-0.4, -0.2) is 149 Å². The van der Waals surface area contributed by atoms with Crippen LogP contribution in [0.15, 0.2) is 48.5 Å². The van der Waals surface area contributed by atoms with E-state index in [0.29, 0.717) is 86.2 Å². The molecule has 2 saturated heterocycles. The summed E-state index contributed by atoms with van der Waals surface area (Å²) in [4.78, 5) is 101. The maximum Gasteiger partial charge on any atom is 0.303 e. The second-order valence-corrected chi connectivity index (χ2v) is 24.3. The summed E-state index contributed by atoms with van der Waals surface area (Å²) in [5, 5.41) is 0. The Morgan fingerprint density at radius 3 is 0.866 bits per heavy atom. The van der Waals surface area contributed by atoms with Crippen LogP contribution in [0.4, 0.5) is 0 Å². The van der Waals surface area contributed by atoms with E-state index >= 15 is 0 Å². The lowest BCUT2D eigenvalue weighted by Crippen LogP contribution is -2.62. The van der Waals surface area contributed by atoms with Crippen molar-refractivity contribution in [3.63, 3.8) is 0 Å². The number of hydrogen-bond acceptors (Lipinski definition) is 25. The maximum absolute atomic E-state index is 12.9. The standard InChI is InChI=1S/C72H90O25/c1-13-17-82-61-51-21-47-22-52(61)30-56-26-50(36-89-72-70(95-46(12)80)68(93-44(10)78)66(91-42(8)76)60(97-72)38-87-40(6)74)28-58(64(56)85-20-16-4)32-54-24-48(34-81-33-47)23-53(62(54)83-18-14-2)31-57-27-49(25-55(29-51)63(57)84-19-15-3)35-88-71-69(94-45(11)79)67(92-43(9)77)65(90-41(7)75)59(96-71)37-86-39(5)73/h21-28,59-60,65-72H,13-20,29-38H2,1-12H3/t59-,60-,65-,66-,67+,68+,69-,70-,71-,72-/m1/s1. The third-order valence-corrected chi connectivity index (χ3v) is 15.8. The van der Waals surface area contributed by atoms with Gasteiger partial charge in [-0.3, -0.25) is 38.4 Å². The number of fused-ring (bicyclic) bond motifs is 10. The van der Waals surface area contributed by atoms with E-state index in [1.165, 1.54) is 13.8 Å². The molecule has 0 aliphatic carbocycles. The zero-order valence-corrected chi connectivity index (χ0v) is 57.3. The number of benzene rings is 4. The highest BCUT2D eigenvalue weighted by atomic mass is 16.7. The summed E-state index contributed by atoms with van der Waals surface area (Å²) in [7, 11) is 0. The van der Waals surface area contributed by atoms with Gasteiger partial charge in [0.15, 0.2) is 49.2 Å². The minimum Gasteiger partial charge on any atom is -0.493 e. The topological polar surface area (TPSA) is 293 Å². The van der Waals surface area contributed by atoms with Crippen LogP contribution in [0.5, 0.6) is 23.0 Å². The second kappa shape index (κ2) is 35.2. The minimum atomic E-state index is -1.48. The number of ether oxygens (including phenoxy) is 17. The molecule has 2 fully saturated rings. The molecule has 0 aromatic heterocycles. The Morgan fingerprint density at radius 2 is 0.608 bits per heavy atom. The van der Waals surface area contributed by atoms with Crippen molar-refractivity contribution in [2.24, 2.45) is 0 Å². The molecule has 8 rings (SSSR count). The Balaban J connectivity index is 1.32. The van der Waals surface area contributed by atoms with Gasteiger partial charge in [0.2, 0.25) is 0 Å². The number of hydrogen-bond donors (Lipinski definition) is 0. The van der Waals surface area contributed by atoms with E-state index < -0.39 is 122 Å². The van der Waals surface area contributed by atoms with Crippen molar-refractivity contribution in [3.05, 3.63) is 115 Å². The van der Waals surface area contributed by atoms with Crippen molar-refractivity contribution in [3.8, 4) is 23.0 Å². The lowest BCUT2D eigenvalue weighted by atomic mass is 9.88. The molecule has 0 unspecified atom stereocenters. The molecule has 10 atom stereocenters. The van der Waals surface area contributed by atoms with Crippen molar-refractivity contribution in [1.29, 1.82) is 0 Å². The van der Waals surface area contributed by atoms with Crippen molar-refractivity contribution in [1.82, 2.24) is 0 Å². The summed E-state index contributed by atoms with van der Waals surface area (Å²) >= 11 is 0. The molecule has 0 saturated carbocycles. The van der Waals surface area contributed by atoms with Gasteiger partial charge in [0.05, 0.1) is 52.9 Å². The van der Waals surface area contributed by atoms with E-state index in [4.69, 9.17) is 80.5 Å². The van der Waals surface area contributed by atoms with Gasteiger partial charge in [0, 0.05) is 81.1 Å². The molecule has 25 nitrogen and oxygen atoms in total. The van der Waals surface area contributed by atoms with Crippen molar-refractivity contribution >= 4 is 47.8 Å². The van der Waals surface area contributed by atoms with Gasteiger partial charge in [0.25, 0.3) is 0 Å². The molecule has 0 spiro atoms. The van der Waals surface area contributed by atoms with E-state index in [9.17, 15) is 38.4 Å². The van der Waals surface area contributed by atoms with Crippen LogP contribution >= 0.6 is 0 Å². The average molecular weight is 1360 g/mol. The molecule has 0 radical (unpaired) electrons. The van der Waals surface area contributed by atoms with Crippen LogP contribution in [0, 0.1) is 0 Å². The minimum absolute atomic E-state index is 0.195. The third-order valence-electron chi connectivity index (χ3n) is 15.8. The first-order valence-corrected chi connectivity index (χ1v) is 33.0. The Bertz CT molecular complexity index is 3150. The van der Waals surface area contributed by atoms with Crippen molar-refractivity contribution in [2.75, 3.05) is 39.6 Å². The smallest absolute Gasteiger partial charge is 0.303 e. The van der Waals surface area contributed by atoms with Gasteiger partial charge < -0.3 is 80.5 Å². The summed E-state index contributed by atoms with van der Waals surface area (Å²) in [6.07, 6.45) is -10.5. The molecule has 4 heterocycles. The number of esters is 8. The highest BCUT2D eigenvalue weighted by Crippen LogP contribution is 2.43. The fraction of sp³-hybridized carbons (Fsp3) is 0.556. The summed E-state index contributed by atoms with van der Waals surface area (Å²) in [6.45, 7) is 17.9. The second-order valence-electron chi connectivity index (χ2n) is 24.3. The molecular weight excluding hydrogens is 1260 g/mol. The van der Waals surface area contributed by atoms with Gasteiger partial charge >= 0.3 is 47.8 Å². The fourth-order valence-corrected chi connectivity index (χ4v) is 12.4. The maximum atomic E-state index is 12.9. The first kappa shape index (κ1) is 74.4. The van der Waals surface area contributed by atoms with Crippen LogP contribution in [-0.2, 0) is 152 Å². The van der Waals surface area contributed by atoms with Crippen molar-refractivity contribution < 1.29 is 119 Å². The van der Waals surface area contributed by atoms with Crippen LogP contribution in [0.25, 0.3) is 0 Å². The van der Waals surface area contributed by atoms with E-state index in [1.54, 1.807) is 0 Å². The van der Waals surface area contributed by atoms with Gasteiger partial charge in [-0.15, -0.1) is 0 Å². The van der Waals surface area contributed by atoms with E-state index in [1.807, 2.05) is 52.0 Å². The summed E-state index contributed by atoms with van der Waals surface area (Å²) < 4.78 is 105. The number of rotatable bonds is 28. The molecule has 4 aliphatic rings. The SMILES string of the molecule is CCCOc1c2cc3cc1Cc1cc(CO[C@@H]4O[C@H](COC(C)=O)[C@@H](OC(C)=O)[C@H](OC(C)=O)[C@H]4OC(C)=O)cc(c1OCCC)Cc1cc(cc(c1OCCC)Cc1cc(CO[C@@H]4O[C@H](COC(C)=O)[C@@H](OC(C)=O)[C@H](OC(C)=O)[C@H]4OC(C)=O)cc(c1OCCC)C2)COC3. The molecule has 10 bridgehead atoms. The number of carbonyl (C=O) groups is 8. The molecule has 528 valence electrons.